The number of aromatic amines is 1. The molecule has 2 aliphatic carbocycles. The maximum Gasteiger partial charge on any atom is 0.394 e. The van der Waals surface area contributed by atoms with Crippen molar-refractivity contribution in [3.8, 4) is 0 Å². The van der Waals surface area contributed by atoms with Gasteiger partial charge >= 0.3 is 11.8 Å². The van der Waals surface area contributed by atoms with Crippen LogP contribution in [0.4, 0.5) is 17.3 Å². The molecule has 2 heterocycles. The Kier molecular flexibility index (Phi) is 11.9. The number of fused-ring (bicyclic) bond motifs is 1. The van der Waals surface area contributed by atoms with E-state index >= 15 is 0 Å². The minimum absolute atomic E-state index is 0.150. The monoisotopic (exact) mass is 641 g/mol. The molecule has 2 unspecified atom stereocenters. The van der Waals surface area contributed by atoms with Gasteiger partial charge in [-0.2, -0.15) is 4.99 Å². The van der Waals surface area contributed by atoms with Crippen LogP contribution in [0.5, 0.6) is 0 Å². The van der Waals surface area contributed by atoms with Crippen molar-refractivity contribution < 1.29 is 15.1 Å². The normalized spacial score (nSPS) is 20.5. The minimum Gasteiger partial charge on any atom is -0.459 e. The first-order valence-corrected chi connectivity index (χ1v) is 17.8. The lowest BCUT2D eigenvalue weighted by Crippen LogP contribution is -2.70. The molecule has 0 spiro atoms. The van der Waals surface area contributed by atoms with Crippen LogP contribution >= 0.6 is 11.8 Å². The molecule has 9 heteroatoms. The maximum absolute atomic E-state index is 10.3. The summed E-state index contributed by atoms with van der Waals surface area (Å²) < 4.78 is 0. The zero-order valence-electron chi connectivity index (χ0n) is 27.9. The summed E-state index contributed by atoms with van der Waals surface area (Å²) in [5.74, 6) is 2.08. The fraction of sp³-hybridized carbons (Fsp3) is 0.432. The van der Waals surface area contributed by atoms with E-state index < -0.39 is 0 Å². The van der Waals surface area contributed by atoms with Gasteiger partial charge in [-0.3, -0.25) is 0 Å². The van der Waals surface area contributed by atoms with Crippen molar-refractivity contribution in [2.24, 2.45) is 11.8 Å². The number of nitrogens with one attached hydrogen (secondary N) is 5. The van der Waals surface area contributed by atoms with E-state index in [0.29, 0.717) is 18.4 Å². The predicted molar refractivity (Wildman–Crippen MR) is 193 cm³/mol. The van der Waals surface area contributed by atoms with Crippen molar-refractivity contribution in [3.63, 3.8) is 0 Å². The zero-order chi connectivity index (χ0) is 32.5. The number of benzene rings is 1. The number of thioether (sulfide) groups is 1. The molecule has 5 rings (SSSR count). The highest BCUT2D eigenvalue weighted by Gasteiger charge is 2.45. The Balaban J connectivity index is 1.16. The summed E-state index contributed by atoms with van der Waals surface area (Å²) in [7, 11) is 0. The van der Waals surface area contributed by atoms with Crippen LogP contribution in [0.25, 0.3) is 5.57 Å². The molecule has 0 radical (unpaired) electrons. The summed E-state index contributed by atoms with van der Waals surface area (Å²) in [4.78, 5) is 14.7. The van der Waals surface area contributed by atoms with Crippen molar-refractivity contribution in [2.45, 2.75) is 46.5 Å². The maximum atomic E-state index is 10.3. The Morgan fingerprint density at radius 1 is 1.20 bits per heavy atom. The highest BCUT2D eigenvalue weighted by molar-refractivity contribution is 8.03. The van der Waals surface area contributed by atoms with Gasteiger partial charge in [-0.05, 0) is 87.1 Å². The minimum atomic E-state index is 0.150. The third kappa shape index (κ3) is 9.21. The van der Waals surface area contributed by atoms with E-state index in [0.717, 1.165) is 64.4 Å². The Labute approximate surface area is 279 Å². The smallest absolute Gasteiger partial charge is 0.394 e. The molecule has 0 bridgehead atoms. The quantitative estimate of drug-likeness (QED) is 0.0793. The number of hydrogen-bond acceptors (Lipinski definition) is 6. The van der Waals surface area contributed by atoms with Gasteiger partial charge < -0.3 is 20.6 Å². The number of anilines is 3. The van der Waals surface area contributed by atoms with Gasteiger partial charge in [-0.25, -0.2) is 10.3 Å². The van der Waals surface area contributed by atoms with Gasteiger partial charge in [0.1, 0.15) is 16.3 Å². The van der Waals surface area contributed by atoms with Crippen LogP contribution < -0.4 is 25.9 Å². The van der Waals surface area contributed by atoms with Gasteiger partial charge in [-0.1, -0.05) is 47.9 Å². The van der Waals surface area contributed by atoms with Gasteiger partial charge in [0.2, 0.25) is 0 Å². The number of likely N-dealkylation sites (tertiary alicyclic amines) is 1. The van der Waals surface area contributed by atoms with E-state index in [2.05, 4.69) is 80.7 Å². The number of piperidine rings is 1. The van der Waals surface area contributed by atoms with Gasteiger partial charge in [0, 0.05) is 57.0 Å². The molecule has 1 aromatic carbocycles. The van der Waals surface area contributed by atoms with Crippen molar-refractivity contribution in [2.75, 3.05) is 56.2 Å². The molecule has 1 aliphatic heterocycles. The molecule has 3 aliphatic rings. The fourth-order valence-electron chi connectivity index (χ4n) is 6.33. The predicted octanol–water partition coefficient (Wildman–Crippen LogP) is 5.16. The van der Waals surface area contributed by atoms with E-state index in [4.69, 9.17) is 4.98 Å². The molecule has 2 atom stereocenters. The van der Waals surface area contributed by atoms with Crippen molar-refractivity contribution in [1.29, 1.82) is 0 Å². The third-order valence-corrected chi connectivity index (χ3v) is 9.85. The highest BCUT2D eigenvalue weighted by atomic mass is 32.2. The summed E-state index contributed by atoms with van der Waals surface area (Å²) >= 11 is 1.49. The van der Waals surface area contributed by atoms with Gasteiger partial charge in [0.25, 0.3) is 0 Å². The SMILES string of the molecule is C=C(/C=C(C)/[NH+]=C(O)/C(=C/C)SC)CNc1ccc(C)c(Nc2nc(C3=CC=C(CNCCN4CCCCC4)C4CC34)cc[nH+]2)c1. The molecule has 6 N–H and O–H groups in total. The lowest BCUT2D eigenvalue weighted by molar-refractivity contribution is -0.406. The first-order valence-electron chi connectivity index (χ1n) is 16.6. The number of nitrogens with zero attached hydrogens (tertiary/aromatic N) is 2. The number of aliphatic hydroxyl groups is 1. The van der Waals surface area contributed by atoms with Crippen molar-refractivity contribution in [1.82, 2.24) is 15.2 Å². The molecule has 1 saturated heterocycles. The van der Waals surface area contributed by atoms with Crippen molar-refractivity contribution >= 4 is 40.6 Å². The number of aromatic nitrogens is 2. The van der Waals surface area contributed by atoms with Gasteiger partial charge in [-0.15, -0.1) is 11.8 Å². The molecule has 244 valence electrons. The summed E-state index contributed by atoms with van der Waals surface area (Å²) in [6.45, 7) is 16.4. The van der Waals surface area contributed by atoms with Crippen LogP contribution in [0.3, 0.4) is 0 Å². The van der Waals surface area contributed by atoms with E-state index in [1.54, 1.807) is 0 Å². The average molecular weight is 642 g/mol. The molecule has 46 heavy (non-hydrogen) atoms. The summed E-state index contributed by atoms with van der Waals surface area (Å²) in [5.41, 5.74) is 8.72. The second kappa shape index (κ2) is 16.3. The summed E-state index contributed by atoms with van der Waals surface area (Å²) in [5, 5.41) is 20.9. The van der Waals surface area contributed by atoms with Crippen LogP contribution in [0.15, 0.2) is 83.1 Å². The Morgan fingerprint density at radius 3 is 2.80 bits per heavy atom. The molecule has 1 saturated carbocycles. The van der Waals surface area contributed by atoms with Crippen molar-refractivity contribution in [3.05, 3.63) is 94.4 Å². The van der Waals surface area contributed by atoms with Crippen LogP contribution in [-0.4, -0.2) is 66.4 Å². The molecule has 0 amide bonds. The van der Waals surface area contributed by atoms with Crippen LogP contribution in [0.2, 0.25) is 0 Å². The lowest BCUT2D eigenvalue weighted by Gasteiger charge is -2.26. The molecule has 2 aromatic rings. The van der Waals surface area contributed by atoms with Gasteiger partial charge in [0.15, 0.2) is 5.70 Å². The highest BCUT2D eigenvalue weighted by Crippen LogP contribution is 2.54. The van der Waals surface area contributed by atoms with E-state index in [1.807, 2.05) is 38.5 Å². The van der Waals surface area contributed by atoms with Crippen LogP contribution in [0.1, 0.15) is 50.8 Å². The third-order valence-electron chi connectivity index (χ3n) is 8.98. The molecule has 2 fully saturated rings. The standard InChI is InChI=1S/C37H49N7OS/c1-6-35(46-5)36(45)41-27(4)20-25(2)23-40-29-12-10-26(3)34(21-29)43-37-39-15-14-33(42-37)30-13-11-28(31-22-32(30)31)24-38-16-19-44-17-8-7-9-18-44/h6,10-15,20-21,31-32,38,40H,2,7-9,16-19,22-24H2,1,3-5H3,(H,41,45)(H,39,42,43)/p+2/b27-20+,35-6-. The first-order chi connectivity index (χ1) is 22.3. The van der Waals surface area contributed by atoms with E-state index in [1.165, 1.54) is 61.7 Å². The fourth-order valence-corrected chi connectivity index (χ4v) is 6.81. The zero-order valence-corrected chi connectivity index (χ0v) is 28.7. The Morgan fingerprint density at radius 2 is 2.02 bits per heavy atom. The van der Waals surface area contributed by atoms with E-state index in [9.17, 15) is 5.11 Å². The molecular weight excluding hydrogens is 591 g/mol. The second-order valence-electron chi connectivity index (χ2n) is 12.5. The molecule has 8 nitrogen and oxygen atoms in total. The average Bonchev–Trinajstić information content (AvgIpc) is 3.86. The first kappa shape index (κ1) is 33.7. The van der Waals surface area contributed by atoms with Crippen LogP contribution in [0, 0.1) is 18.8 Å². The number of H-pyrrole nitrogens is 1. The van der Waals surface area contributed by atoms with E-state index in [-0.39, 0.29) is 5.90 Å². The second-order valence-corrected chi connectivity index (χ2v) is 13.4. The number of rotatable bonds is 15. The summed E-state index contributed by atoms with van der Waals surface area (Å²) in [6.07, 6.45) is 17.6. The molecular formula is C37H51N7OS+2. The lowest BCUT2D eigenvalue weighted by atomic mass is 9.96. The van der Waals surface area contributed by atoms with Gasteiger partial charge in [0.05, 0.1) is 6.20 Å². The summed E-state index contributed by atoms with van der Waals surface area (Å²) in [6, 6.07) is 8.35. The number of hydrogen-bond donors (Lipinski definition) is 5. The number of aryl methyl sites for hydroxylation is 1. The largest absolute Gasteiger partial charge is 0.459 e. The Bertz CT molecular complexity index is 1550. The topological polar surface area (TPSA) is 101 Å². The van der Waals surface area contributed by atoms with Crippen LogP contribution in [-0.2, 0) is 0 Å². The number of allylic oxidation sites excluding steroid dienone is 5. The number of aliphatic hydroxyl groups excluding tert-OH is 1. The molecule has 1 aromatic heterocycles. The Hall–Kier alpha value is -3.66.